The average Bonchev–Trinajstić information content (AvgIpc) is 2.51. The number of hydrogen-bond acceptors (Lipinski definition) is 4. The highest BCUT2D eigenvalue weighted by Gasteiger charge is 2.18. The van der Waals surface area contributed by atoms with Crippen molar-refractivity contribution in [2.45, 2.75) is 18.2 Å². The lowest BCUT2D eigenvalue weighted by Crippen LogP contribution is -2.08. The molecule has 0 saturated carbocycles. The molecule has 1 rings (SSSR count). The Morgan fingerprint density at radius 3 is 2.80 bits per heavy atom. The van der Waals surface area contributed by atoms with E-state index in [-0.39, 0.29) is 12.1 Å². The summed E-state index contributed by atoms with van der Waals surface area (Å²) in [7, 11) is -4.34. The van der Waals surface area contributed by atoms with Crippen molar-refractivity contribution >= 4 is 16.3 Å². The van der Waals surface area contributed by atoms with E-state index in [0.717, 1.165) is 18.7 Å². The van der Waals surface area contributed by atoms with E-state index in [9.17, 15) is 13.6 Å². The molecular weight excluding hydrogens is 222 g/mol. The minimum absolute atomic E-state index is 0.0425. The number of hydroxylamine groups is 1. The fraction of sp³-hybridized carbons (Fsp3) is 0.375. The summed E-state index contributed by atoms with van der Waals surface area (Å²) >= 11 is 0. The second-order valence-corrected chi connectivity index (χ2v) is 4.33. The SMILES string of the molecule is CCC[N+]([O-])=Cc1cocc1S(=O)(=O)O. The zero-order valence-corrected chi connectivity index (χ0v) is 8.90. The van der Waals surface area contributed by atoms with Crippen LogP contribution in [0.4, 0.5) is 0 Å². The first-order valence-electron chi connectivity index (χ1n) is 4.27. The molecule has 1 aromatic rings. The van der Waals surface area contributed by atoms with Gasteiger partial charge in [-0.25, -0.2) is 4.74 Å². The van der Waals surface area contributed by atoms with Crippen molar-refractivity contribution in [3.63, 3.8) is 0 Å². The van der Waals surface area contributed by atoms with Crippen molar-refractivity contribution in [2.24, 2.45) is 0 Å². The van der Waals surface area contributed by atoms with Crippen LogP contribution in [0.5, 0.6) is 0 Å². The Morgan fingerprint density at radius 2 is 2.27 bits per heavy atom. The molecule has 1 heterocycles. The Labute approximate surface area is 87.2 Å². The lowest BCUT2D eigenvalue weighted by atomic mass is 10.4. The predicted octanol–water partition coefficient (Wildman–Crippen LogP) is 0.865. The van der Waals surface area contributed by atoms with E-state index < -0.39 is 15.0 Å². The summed E-state index contributed by atoms with van der Waals surface area (Å²) in [6.07, 6.45) is 3.67. The van der Waals surface area contributed by atoms with Gasteiger partial charge in [0.15, 0.2) is 12.8 Å². The first-order chi connectivity index (χ1) is 6.95. The Kier molecular flexibility index (Phi) is 3.48. The van der Waals surface area contributed by atoms with Crippen LogP contribution in [-0.2, 0) is 10.1 Å². The van der Waals surface area contributed by atoms with Gasteiger partial charge in [0.1, 0.15) is 17.4 Å². The lowest BCUT2D eigenvalue weighted by Gasteiger charge is -2.00. The molecule has 0 saturated heterocycles. The third-order valence-corrected chi connectivity index (χ3v) is 2.55. The van der Waals surface area contributed by atoms with E-state index in [0.29, 0.717) is 11.2 Å². The van der Waals surface area contributed by atoms with Crippen molar-refractivity contribution in [3.05, 3.63) is 23.3 Å². The largest absolute Gasteiger partial charge is 0.624 e. The van der Waals surface area contributed by atoms with Crippen LogP contribution in [0.3, 0.4) is 0 Å². The molecule has 1 aromatic heterocycles. The van der Waals surface area contributed by atoms with Crippen molar-refractivity contribution in [2.75, 3.05) is 6.54 Å². The van der Waals surface area contributed by atoms with E-state index in [1.165, 1.54) is 0 Å². The quantitative estimate of drug-likeness (QED) is 0.274. The van der Waals surface area contributed by atoms with Gasteiger partial charge in [-0.15, -0.1) is 0 Å². The Morgan fingerprint density at radius 1 is 1.60 bits per heavy atom. The fourth-order valence-corrected chi connectivity index (χ4v) is 1.61. The van der Waals surface area contributed by atoms with Gasteiger partial charge in [-0.05, 0) is 0 Å². The Balaban J connectivity index is 3.07. The topological polar surface area (TPSA) is 93.6 Å². The third-order valence-electron chi connectivity index (χ3n) is 1.66. The van der Waals surface area contributed by atoms with Crippen molar-refractivity contribution in [1.29, 1.82) is 0 Å². The third kappa shape index (κ3) is 3.07. The van der Waals surface area contributed by atoms with Gasteiger partial charge in [0.25, 0.3) is 10.1 Å². The zero-order chi connectivity index (χ0) is 11.5. The van der Waals surface area contributed by atoms with E-state index >= 15 is 0 Å². The highest BCUT2D eigenvalue weighted by Crippen LogP contribution is 2.14. The van der Waals surface area contributed by atoms with Gasteiger partial charge in [0.2, 0.25) is 0 Å². The van der Waals surface area contributed by atoms with E-state index in [4.69, 9.17) is 4.55 Å². The summed E-state index contributed by atoms with van der Waals surface area (Å²) in [4.78, 5) is -0.403. The molecule has 6 nitrogen and oxygen atoms in total. The Hall–Kier alpha value is -1.34. The van der Waals surface area contributed by atoms with Gasteiger partial charge in [-0.3, -0.25) is 4.55 Å². The van der Waals surface area contributed by atoms with E-state index in [1.54, 1.807) is 0 Å². The highest BCUT2D eigenvalue weighted by atomic mass is 32.2. The van der Waals surface area contributed by atoms with Gasteiger partial charge >= 0.3 is 0 Å². The lowest BCUT2D eigenvalue weighted by molar-refractivity contribution is -0.452. The molecule has 0 amide bonds. The maximum atomic E-state index is 11.1. The number of hydrogen-bond donors (Lipinski definition) is 1. The van der Waals surface area contributed by atoms with Gasteiger partial charge in [0.05, 0.1) is 5.56 Å². The molecule has 0 spiro atoms. The molecule has 7 heteroatoms. The van der Waals surface area contributed by atoms with Crippen LogP contribution in [0, 0.1) is 5.21 Å². The minimum atomic E-state index is -4.34. The minimum Gasteiger partial charge on any atom is -0.624 e. The monoisotopic (exact) mass is 233 g/mol. The van der Waals surface area contributed by atoms with Crippen molar-refractivity contribution in [3.8, 4) is 0 Å². The van der Waals surface area contributed by atoms with Gasteiger partial charge < -0.3 is 9.62 Å². The van der Waals surface area contributed by atoms with Crippen LogP contribution < -0.4 is 0 Å². The van der Waals surface area contributed by atoms with E-state index in [2.05, 4.69) is 4.42 Å². The Bertz CT molecular complexity index is 459. The smallest absolute Gasteiger partial charge is 0.298 e. The second kappa shape index (κ2) is 4.45. The summed E-state index contributed by atoms with van der Waals surface area (Å²) in [5, 5.41) is 11.1. The molecule has 15 heavy (non-hydrogen) atoms. The van der Waals surface area contributed by atoms with Crippen molar-refractivity contribution < 1.29 is 22.1 Å². The first-order valence-corrected chi connectivity index (χ1v) is 5.71. The average molecular weight is 233 g/mol. The van der Waals surface area contributed by atoms with Gasteiger partial charge in [-0.2, -0.15) is 8.42 Å². The summed E-state index contributed by atoms with van der Waals surface area (Å²) in [6, 6.07) is 0. The number of rotatable bonds is 4. The van der Waals surface area contributed by atoms with Crippen LogP contribution in [0.2, 0.25) is 0 Å². The van der Waals surface area contributed by atoms with Gasteiger partial charge in [0, 0.05) is 6.42 Å². The highest BCUT2D eigenvalue weighted by molar-refractivity contribution is 7.86. The number of furan rings is 1. The van der Waals surface area contributed by atoms with Crippen LogP contribution in [0.1, 0.15) is 18.9 Å². The van der Waals surface area contributed by atoms with Crippen LogP contribution in [0.25, 0.3) is 0 Å². The molecule has 1 N–H and O–H groups in total. The number of nitrogens with zero attached hydrogens (tertiary/aromatic N) is 1. The van der Waals surface area contributed by atoms with Gasteiger partial charge in [-0.1, -0.05) is 6.92 Å². The maximum Gasteiger partial charge on any atom is 0.298 e. The molecule has 0 aliphatic heterocycles. The second-order valence-electron chi connectivity index (χ2n) is 2.94. The molecule has 0 fully saturated rings. The molecule has 0 unspecified atom stereocenters. The van der Waals surface area contributed by atoms with Crippen molar-refractivity contribution in [1.82, 2.24) is 0 Å². The normalized spacial score (nSPS) is 13.1. The summed E-state index contributed by atoms with van der Waals surface area (Å²) in [5.41, 5.74) is 0.0425. The fourth-order valence-electron chi connectivity index (χ4n) is 1.04. The first kappa shape index (κ1) is 11.7. The molecule has 0 radical (unpaired) electrons. The maximum absolute atomic E-state index is 11.1. The molecule has 84 valence electrons. The molecule has 0 aromatic carbocycles. The molecule has 0 bridgehead atoms. The predicted molar refractivity (Wildman–Crippen MR) is 52.5 cm³/mol. The zero-order valence-electron chi connectivity index (χ0n) is 8.08. The molecular formula is C8H11NO5S. The summed E-state index contributed by atoms with van der Waals surface area (Å²) in [6.45, 7) is 2.06. The van der Waals surface area contributed by atoms with E-state index in [1.807, 2.05) is 6.92 Å². The standard InChI is InChI=1S/C8H11NO5S/c1-2-3-9(10)4-7-5-14-6-8(7)15(11,12)13/h4-6H,2-3H2,1H3,(H,11,12,13). The molecule has 0 aliphatic carbocycles. The molecule has 0 atom stereocenters. The van der Waals surface area contributed by atoms with Crippen LogP contribution in [-0.4, -0.2) is 30.5 Å². The summed E-state index contributed by atoms with van der Waals surface area (Å²) < 4.78 is 35.6. The van der Waals surface area contributed by atoms with Crippen LogP contribution in [0.15, 0.2) is 21.8 Å². The molecule has 0 aliphatic rings. The van der Waals surface area contributed by atoms with Crippen LogP contribution >= 0.6 is 0 Å². The summed E-state index contributed by atoms with van der Waals surface area (Å²) in [5.74, 6) is 0.